The third-order valence-corrected chi connectivity index (χ3v) is 7.53. The number of likely N-dealkylation sites (tertiary alicyclic amines) is 1. The van der Waals surface area contributed by atoms with Crippen LogP contribution in [0.1, 0.15) is 65.2 Å². The summed E-state index contributed by atoms with van der Waals surface area (Å²) in [6.07, 6.45) is 7.60. The van der Waals surface area contributed by atoms with Crippen LogP contribution in [0, 0.1) is 11.8 Å². The number of hydrogen-bond donors (Lipinski definition) is 2. The first-order valence-corrected chi connectivity index (χ1v) is 12.0. The molecule has 1 spiro atoms. The Labute approximate surface area is 190 Å². The predicted molar refractivity (Wildman–Crippen MR) is 119 cm³/mol. The summed E-state index contributed by atoms with van der Waals surface area (Å²) in [5.74, 6) is -3.28. The molecule has 2 bridgehead atoms. The second-order valence-corrected chi connectivity index (χ2v) is 9.66. The van der Waals surface area contributed by atoms with E-state index in [0.717, 1.165) is 25.7 Å². The zero-order valence-electron chi connectivity index (χ0n) is 19.4. The quantitative estimate of drug-likeness (QED) is 0.329. The fourth-order valence-electron chi connectivity index (χ4n) is 6.07. The molecule has 2 unspecified atom stereocenters. The largest absolute Gasteiger partial charge is 0.481 e. The smallest absolute Gasteiger partial charge is 0.310 e. The van der Waals surface area contributed by atoms with Gasteiger partial charge in [-0.2, -0.15) is 0 Å². The number of hydrogen-bond acceptors (Lipinski definition) is 5. The van der Waals surface area contributed by atoms with Crippen LogP contribution in [0.15, 0.2) is 12.7 Å². The highest BCUT2D eigenvalue weighted by Crippen LogP contribution is 2.63. The van der Waals surface area contributed by atoms with E-state index in [9.17, 15) is 19.5 Å². The maximum absolute atomic E-state index is 13.9. The number of aliphatic hydroxyl groups is 1. The number of carboxylic acid groups (broad SMARTS) is 1. The van der Waals surface area contributed by atoms with Gasteiger partial charge in [-0.3, -0.25) is 14.4 Å². The summed E-state index contributed by atoms with van der Waals surface area (Å²) < 4.78 is 6.40. The Morgan fingerprint density at radius 3 is 2.62 bits per heavy atom. The predicted octanol–water partition coefficient (Wildman–Crippen LogP) is 2.20. The number of nitrogens with zero attached hydrogens (tertiary/aromatic N) is 2. The fraction of sp³-hybridized carbons (Fsp3) is 0.792. The summed E-state index contributed by atoms with van der Waals surface area (Å²) in [5, 5.41) is 19.1. The van der Waals surface area contributed by atoms with Crippen molar-refractivity contribution in [3.05, 3.63) is 12.7 Å². The number of carbonyl (C=O) groups excluding carboxylic acids is 2. The molecule has 2 amide bonds. The van der Waals surface area contributed by atoms with Crippen LogP contribution in [0.3, 0.4) is 0 Å². The highest BCUT2D eigenvalue weighted by Gasteiger charge is 2.78. The Bertz CT molecular complexity index is 742. The van der Waals surface area contributed by atoms with Crippen LogP contribution >= 0.6 is 0 Å². The van der Waals surface area contributed by atoms with E-state index in [0.29, 0.717) is 45.3 Å². The van der Waals surface area contributed by atoms with Crippen molar-refractivity contribution in [2.75, 3.05) is 26.2 Å². The topological polar surface area (TPSA) is 107 Å². The van der Waals surface area contributed by atoms with Gasteiger partial charge in [-0.05, 0) is 45.4 Å². The van der Waals surface area contributed by atoms with Crippen LogP contribution in [0.2, 0.25) is 0 Å². The lowest BCUT2D eigenvalue weighted by molar-refractivity contribution is -0.156. The van der Waals surface area contributed by atoms with Gasteiger partial charge in [0.2, 0.25) is 11.8 Å². The molecule has 0 radical (unpaired) electrons. The van der Waals surface area contributed by atoms with Crippen molar-refractivity contribution in [3.8, 4) is 0 Å². The van der Waals surface area contributed by atoms with Crippen LogP contribution in [0.25, 0.3) is 0 Å². The lowest BCUT2D eigenvalue weighted by Gasteiger charge is -2.37. The minimum atomic E-state index is -1.09. The molecular weight excluding hydrogens is 412 g/mol. The van der Waals surface area contributed by atoms with E-state index in [-0.39, 0.29) is 18.4 Å². The summed E-state index contributed by atoms with van der Waals surface area (Å²) in [7, 11) is 0. The molecular formula is C24H38N2O6. The Morgan fingerprint density at radius 2 is 2.00 bits per heavy atom. The van der Waals surface area contributed by atoms with Crippen molar-refractivity contribution in [2.24, 2.45) is 11.8 Å². The van der Waals surface area contributed by atoms with Crippen molar-refractivity contribution in [3.63, 3.8) is 0 Å². The molecule has 8 nitrogen and oxygen atoms in total. The van der Waals surface area contributed by atoms with Crippen molar-refractivity contribution in [2.45, 2.75) is 82.5 Å². The van der Waals surface area contributed by atoms with Crippen LogP contribution in [0.4, 0.5) is 0 Å². The number of fused-ring (bicyclic) bond motifs is 1. The van der Waals surface area contributed by atoms with Gasteiger partial charge in [0, 0.05) is 26.2 Å². The van der Waals surface area contributed by atoms with Crippen LogP contribution in [-0.2, 0) is 19.1 Å². The molecule has 3 fully saturated rings. The minimum absolute atomic E-state index is 0.0793. The molecule has 3 rings (SSSR count). The summed E-state index contributed by atoms with van der Waals surface area (Å²) in [6.45, 7) is 9.05. The van der Waals surface area contributed by atoms with E-state index in [4.69, 9.17) is 9.84 Å². The zero-order chi connectivity index (χ0) is 23.5. The molecule has 0 aromatic carbocycles. The Balaban J connectivity index is 1.95. The van der Waals surface area contributed by atoms with E-state index in [1.807, 2.05) is 0 Å². The lowest BCUT2D eigenvalue weighted by Crippen LogP contribution is -2.56. The average Bonchev–Trinajstić information content (AvgIpc) is 3.31. The van der Waals surface area contributed by atoms with Crippen molar-refractivity contribution >= 4 is 17.8 Å². The second-order valence-electron chi connectivity index (χ2n) is 9.66. The van der Waals surface area contributed by atoms with Gasteiger partial charge in [0.1, 0.15) is 11.6 Å². The zero-order valence-corrected chi connectivity index (χ0v) is 19.4. The summed E-state index contributed by atoms with van der Waals surface area (Å²) in [4.78, 5) is 43.0. The number of unbranched alkanes of at least 4 members (excludes halogenated alkanes) is 4. The SMILES string of the molecule is C=CCN(CCCCC)C(=O)C1N(CCCCCO)C(=O)[C@@H]2[C@@H](C(=O)O)[C@@]3(C)CCC12O3. The third-order valence-electron chi connectivity index (χ3n) is 7.53. The van der Waals surface area contributed by atoms with Gasteiger partial charge in [-0.25, -0.2) is 0 Å². The number of rotatable bonds is 13. The van der Waals surface area contributed by atoms with Gasteiger partial charge in [0.05, 0.1) is 17.4 Å². The molecule has 5 atom stereocenters. The standard InChI is InChI=1S/C24H38N2O6/c1-4-6-8-14-25(13-5-2)21(29)19-24-12-11-23(3,32-24)18(22(30)31)17(24)20(28)26(19)15-9-7-10-16-27/h5,17-19,27H,2,4,6-16H2,1,3H3,(H,30,31)/t17-,18-,19?,23+,24?/m0/s1. The first-order valence-electron chi connectivity index (χ1n) is 12.0. The molecule has 180 valence electrons. The number of ether oxygens (including phenoxy) is 1. The number of aliphatic hydroxyl groups excluding tert-OH is 1. The number of carboxylic acids is 1. The van der Waals surface area contributed by atoms with Crippen LogP contribution < -0.4 is 0 Å². The average molecular weight is 451 g/mol. The molecule has 3 aliphatic rings. The van der Waals surface area contributed by atoms with E-state index < -0.39 is 35.0 Å². The molecule has 0 aliphatic carbocycles. The highest BCUT2D eigenvalue weighted by molar-refractivity contribution is 5.98. The van der Waals surface area contributed by atoms with E-state index in [1.165, 1.54) is 0 Å². The summed E-state index contributed by atoms with van der Waals surface area (Å²) in [6, 6.07) is -0.818. The summed E-state index contributed by atoms with van der Waals surface area (Å²) >= 11 is 0. The molecule has 0 aromatic rings. The van der Waals surface area contributed by atoms with Gasteiger partial charge in [0.15, 0.2) is 0 Å². The molecule has 3 heterocycles. The summed E-state index contributed by atoms with van der Waals surface area (Å²) in [5.41, 5.74) is -2.02. The number of aliphatic carboxylic acids is 1. The normalized spacial score (nSPS) is 32.9. The number of carbonyl (C=O) groups is 3. The molecule has 0 aromatic heterocycles. The van der Waals surface area contributed by atoms with Crippen molar-refractivity contribution in [1.82, 2.24) is 9.80 Å². The monoisotopic (exact) mass is 450 g/mol. The second kappa shape index (κ2) is 9.91. The molecule has 3 saturated heterocycles. The van der Waals surface area contributed by atoms with Gasteiger partial charge in [-0.15, -0.1) is 6.58 Å². The molecule has 8 heteroatoms. The van der Waals surface area contributed by atoms with Gasteiger partial charge in [-0.1, -0.05) is 25.8 Å². The lowest BCUT2D eigenvalue weighted by atomic mass is 9.66. The van der Waals surface area contributed by atoms with Crippen LogP contribution in [0.5, 0.6) is 0 Å². The van der Waals surface area contributed by atoms with E-state index in [2.05, 4.69) is 13.5 Å². The molecule has 32 heavy (non-hydrogen) atoms. The van der Waals surface area contributed by atoms with Crippen molar-refractivity contribution in [1.29, 1.82) is 0 Å². The fourth-order valence-corrected chi connectivity index (χ4v) is 6.07. The first-order chi connectivity index (χ1) is 15.3. The molecule has 3 aliphatic heterocycles. The van der Waals surface area contributed by atoms with Gasteiger partial charge >= 0.3 is 5.97 Å². The highest BCUT2D eigenvalue weighted by atomic mass is 16.5. The molecule has 2 N–H and O–H groups in total. The maximum atomic E-state index is 13.9. The van der Waals surface area contributed by atoms with Crippen molar-refractivity contribution < 1.29 is 29.3 Å². The number of amides is 2. The first kappa shape index (κ1) is 24.7. The Morgan fingerprint density at radius 1 is 1.25 bits per heavy atom. The van der Waals surface area contributed by atoms with Crippen LogP contribution in [-0.4, -0.2) is 81.3 Å². The molecule has 0 saturated carbocycles. The Hall–Kier alpha value is -1.93. The van der Waals surface area contributed by atoms with E-state index >= 15 is 0 Å². The van der Waals surface area contributed by atoms with E-state index in [1.54, 1.807) is 22.8 Å². The Kier molecular flexibility index (Phi) is 7.65. The van der Waals surface area contributed by atoms with Gasteiger partial charge in [0.25, 0.3) is 0 Å². The maximum Gasteiger partial charge on any atom is 0.310 e. The third kappa shape index (κ3) is 4.07. The van der Waals surface area contributed by atoms with Gasteiger partial charge < -0.3 is 24.7 Å². The minimum Gasteiger partial charge on any atom is -0.481 e.